The van der Waals surface area contributed by atoms with E-state index in [4.69, 9.17) is 29.0 Å². The number of nitriles is 1. The Labute approximate surface area is 261 Å². The number of hydrogen-bond acceptors (Lipinski definition) is 14. The predicted octanol–water partition coefficient (Wildman–Crippen LogP) is 2.33. The second-order valence-corrected chi connectivity index (χ2v) is 13.3. The number of aliphatic hydroxyl groups excluding tert-OH is 2. The average molecular weight is 655 g/mol. The van der Waals surface area contributed by atoms with Crippen molar-refractivity contribution in [2.45, 2.75) is 103 Å². The van der Waals surface area contributed by atoms with Gasteiger partial charge in [0.15, 0.2) is 5.82 Å². The van der Waals surface area contributed by atoms with Crippen LogP contribution in [0.4, 0.5) is 5.82 Å². The van der Waals surface area contributed by atoms with Gasteiger partial charge in [0.25, 0.3) is 0 Å². The summed E-state index contributed by atoms with van der Waals surface area (Å²) in [6.45, 7) is 8.47. The number of carbonyl (C=O) groups is 2. The maximum atomic E-state index is 14.0. The fraction of sp³-hybridized carbons (Fsp3) is 0.679. The highest BCUT2D eigenvalue weighted by molar-refractivity contribution is 7.51. The maximum Gasteiger partial charge on any atom is 0.409 e. The normalized spacial score (nSPS) is 23.3. The molecule has 1 aliphatic rings. The zero-order valence-corrected chi connectivity index (χ0v) is 27.2. The Hall–Kier alpha value is -3.16. The number of hydrogen-bond donors (Lipinski definition) is 4. The van der Waals surface area contributed by atoms with E-state index in [1.54, 1.807) is 13.8 Å². The molecule has 17 heteroatoms. The number of esters is 2. The van der Waals surface area contributed by atoms with Gasteiger partial charge in [-0.1, -0.05) is 26.7 Å². The largest absolute Gasteiger partial charge is 0.462 e. The summed E-state index contributed by atoms with van der Waals surface area (Å²) >= 11 is 0. The van der Waals surface area contributed by atoms with Gasteiger partial charge in [-0.3, -0.25) is 18.6 Å². The Balaban J connectivity index is 1.83. The van der Waals surface area contributed by atoms with Crippen LogP contribution in [0.2, 0.25) is 0 Å². The number of ether oxygens (including phenoxy) is 3. The number of carbonyl (C=O) groups excluding carboxylic acids is 2. The van der Waals surface area contributed by atoms with E-state index < -0.39 is 68.6 Å². The first-order chi connectivity index (χ1) is 21.1. The summed E-state index contributed by atoms with van der Waals surface area (Å²) in [5, 5.41) is 38.7. The van der Waals surface area contributed by atoms with E-state index in [2.05, 4.69) is 15.2 Å². The molecule has 5 atom stereocenters. The number of nitrogens with one attached hydrogen (secondary N) is 1. The maximum absolute atomic E-state index is 14.0. The van der Waals surface area contributed by atoms with Gasteiger partial charge in [0.05, 0.1) is 24.3 Å². The van der Waals surface area contributed by atoms with Crippen molar-refractivity contribution in [2.24, 2.45) is 5.92 Å². The lowest BCUT2D eigenvalue weighted by Gasteiger charge is -2.30. The van der Waals surface area contributed by atoms with Crippen LogP contribution in [0.15, 0.2) is 18.5 Å². The summed E-state index contributed by atoms with van der Waals surface area (Å²) in [6.07, 6.45) is -1.54. The number of nitrogen functional groups attached to an aromatic ring is 1. The van der Waals surface area contributed by atoms with Crippen molar-refractivity contribution in [1.29, 1.82) is 5.26 Å². The van der Waals surface area contributed by atoms with E-state index in [9.17, 15) is 29.6 Å². The fourth-order valence-corrected chi connectivity index (χ4v) is 6.44. The Bertz CT molecular complexity index is 1420. The van der Waals surface area contributed by atoms with Gasteiger partial charge >= 0.3 is 19.7 Å². The zero-order chi connectivity index (χ0) is 33.6. The Morgan fingerprint density at radius 3 is 2.51 bits per heavy atom. The molecule has 0 unspecified atom stereocenters. The van der Waals surface area contributed by atoms with Crippen LogP contribution in [0.1, 0.15) is 72.9 Å². The lowest BCUT2D eigenvalue weighted by Crippen LogP contribution is -2.47. The molecule has 3 heterocycles. The van der Waals surface area contributed by atoms with E-state index in [0.29, 0.717) is 18.4 Å². The van der Waals surface area contributed by atoms with Crippen molar-refractivity contribution >= 4 is 31.0 Å². The van der Waals surface area contributed by atoms with Gasteiger partial charge in [-0.15, -0.1) is 0 Å². The number of aliphatic hydroxyl groups is 2. The number of nitrogens with two attached hydrogens (primary N) is 1. The molecule has 16 nitrogen and oxygen atoms in total. The van der Waals surface area contributed by atoms with Crippen LogP contribution >= 0.6 is 7.75 Å². The summed E-state index contributed by atoms with van der Waals surface area (Å²) in [4.78, 5) is 29.3. The molecule has 0 amide bonds. The molecule has 0 bridgehead atoms. The number of nitrogens with zero attached hydrogens (tertiary/aromatic N) is 4. The molecule has 0 radical (unpaired) electrons. The molecule has 1 aliphatic heterocycles. The molecular weight excluding hydrogens is 611 g/mol. The highest BCUT2D eigenvalue weighted by Gasteiger charge is 2.58. The monoisotopic (exact) mass is 654 g/mol. The first kappa shape index (κ1) is 36.3. The van der Waals surface area contributed by atoms with Crippen molar-refractivity contribution in [3.05, 3.63) is 24.2 Å². The van der Waals surface area contributed by atoms with Crippen molar-refractivity contribution in [3.63, 3.8) is 0 Å². The molecule has 250 valence electrons. The summed E-state index contributed by atoms with van der Waals surface area (Å²) < 4.78 is 42.6. The van der Waals surface area contributed by atoms with Crippen LogP contribution in [0, 0.1) is 17.2 Å². The summed E-state index contributed by atoms with van der Waals surface area (Å²) in [7, 11) is -4.54. The van der Waals surface area contributed by atoms with Crippen molar-refractivity contribution in [3.8, 4) is 6.07 Å². The van der Waals surface area contributed by atoms with E-state index in [1.807, 2.05) is 19.9 Å². The summed E-state index contributed by atoms with van der Waals surface area (Å²) in [5.74, 6) is -1.58. The van der Waals surface area contributed by atoms with Gasteiger partial charge in [0.1, 0.15) is 41.8 Å². The number of fused-ring (bicyclic) bond motifs is 1. The average Bonchev–Trinajstić information content (AvgIpc) is 3.51. The predicted molar refractivity (Wildman–Crippen MR) is 159 cm³/mol. The third-order valence-electron chi connectivity index (χ3n) is 7.20. The van der Waals surface area contributed by atoms with E-state index in [-0.39, 0.29) is 17.4 Å². The Morgan fingerprint density at radius 1 is 1.24 bits per heavy atom. The van der Waals surface area contributed by atoms with Crippen LogP contribution in [0.5, 0.6) is 0 Å². The van der Waals surface area contributed by atoms with Crippen molar-refractivity contribution < 1.29 is 47.6 Å². The van der Waals surface area contributed by atoms with Gasteiger partial charge in [0, 0.05) is 0 Å². The van der Waals surface area contributed by atoms with Crippen molar-refractivity contribution in [2.75, 3.05) is 19.1 Å². The van der Waals surface area contributed by atoms with Crippen LogP contribution < -0.4 is 10.8 Å². The molecule has 0 aromatic carbocycles. The first-order valence-electron chi connectivity index (χ1n) is 14.7. The second-order valence-electron chi connectivity index (χ2n) is 11.6. The molecule has 45 heavy (non-hydrogen) atoms. The molecule has 2 aromatic heterocycles. The molecular formula is C28H43N6O10P. The van der Waals surface area contributed by atoms with Gasteiger partial charge in [-0.25, -0.2) is 19.2 Å². The minimum atomic E-state index is -4.54. The van der Waals surface area contributed by atoms with Gasteiger partial charge in [-0.05, 0) is 52.7 Å². The molecule has 2 aromatic rings. The third-order valence-corrected chi connectivity index (χ3v) is 8.96. The topological polar surface area (TPSA) is 230 Å². The minimum absolute atomic E-state index is 0.0545. The standard InChI is InChI=1S/C28H43N6O10P/c1-7-9-18(10-8-2)25(37)40-16-42-45(39,33-27(5,6)26(38)43-17(3)4)41-13-20-22(35)23(36)28(14-29,44-20)21-12-11-19-24(30)31-15-32-34(19)21/h11-12,15,17-18,20,22-23,35-36H,7-10,13,16H2,1-6H3,(H,33,39)(H2,30,31,32)/t20-,22-,23-,28+,45-/m1/s1. The van der Waals surface area contributed by atoms with Crippen LogP contribution in [0.3, 0.4) is 0 Å². The van der Waals surface area contributed by atoms with Gasteiger partial charge in [-0.2, -0.15) is 10.4 Å². The third kappa shape index (κ3) is 8.17. The number of rotatable bonds is 16. The van der Waals surface area contributed by atoms with E-state index in [0.717, 1.165) is 19.2 Å². The minimum Gasteiger partial charge on any atom is -0.462 e. The lowest BCUT2D eigenvalue weighted by atomic mass is 9.92. The molecule has 5 N–H and O–H groups in total. The molecule has 0 aliphatic carbocycles. The van der Waals surface area contributed by atoms with E-state index in [1.165, 1.54) is 30.5 Å². The van der Waals surface area contributed by atoms with Crippen LogP contribution in [0.25, 0.3) is 5.52 Å². The zero-order valence-electron chi connectivity index (χ0n) is 26.3. The van der Waals surface area contributed by atoms with Gasteiger partial charge < -0.3 is 30.2 Å². The van der Waals surface area contributed by atoms with Gasteiger partial charge in [0.2, 0.25) is 12.4 Å². The Kier molecular flexibility index (Phi) is 12.1. The molecule has 3 rings (SSSR count). The highest BCUT2D eigenvalue weighted by atomic mass is 31.2. The molecule has 1 fully saturated rings. The summed E-state index contributed by atoms with van der Waals surface area (Å²) in [6, 6.07) is 4.87. The molecule has 0 spiro atoms. The number of anilines is 1. The first-order valence-corrected chi connectivity index (χ1v) is 16.3. The summed E-state index contributed by atoms with van der Waals surface area (Å²) in [5.41, 5.74) is 2.53. The lowest BCUT2D eigenvalue weighted by molar-refractivity contribution is -0.157. The second kappa shape index (κ2) is 15.0. The van der Waals surface area contributed by atoms with Crippen LogP contribution in [-0.4, -0.2) is 80.1 Å². The Morgan fingerprint density at radius 2 is 1.91 bits per heavy atom. The van der Waals surface area contributed by atoms with Crippen molar-refractivity contribution in [1.82, 2.24) is 19.7 Å². The number of aromatic nitrogens is 3. The highest BCUT2D eigenvalue weighted by Crippen LogP contribution is 2.48. The smallest absolute Gasteiger partial charge is 0.409 e. The quantitative estimate of drug-likeness (QED) is 0.116. The van der Waals surface area contributed by atoms with E-state index >= 15 is 0 Å². The molecule has 0 saturated carbocycles. The van der Waals surface area contributed by atoms with Crippen LogP contribution in [-0.2, 0) is 43.0 Å². The molecule has 1 saturated heterocycles. The SMILES string of the molecule is CCCC(CCC)C(=O)OCO[P@@](=O)(NC(C)(C)C(=O)OC(C)C)OC[C@H]1O[C@@](C#N)(c2ccc3c(N)ncnn23)[C@H](O)[C@@H]1O. The fourth-order valence-electron chi connectivity index (χ4n) is 4.92.